The summed E-state index contributed by atoms with van der Waals surface area (Å²) in [7, 11) is 3.53. The maximum Gasteiger partial charge on any atom is 0.142 e. The molecule has 0 aliphatic rings. The summed E-state index contributed by atoms with van der Waals surface area (Å²) in [6.07, 6.45) is -0.526. The van der Waals surface area contributed by atoms with E-state index in [2.05, 4.69) is 0 Å². The molecule has 0 aromatic heterocycles. The van der Waals surface area contributed by atoms with Gasteiger partial charge in [0.15, 0.2) is 0 Å². The predicted molar refractivity (Wildman–Crippen MR) is 63.0 cm³/mol. The van der Waals surface area contributed by atoms with E-state index in [0.29, 0.717) is 6.54 Å². The first-order chi connectivity index (χ1) is 7.19. The third kappa shape index (κ3) is 3.29. The molecule has 3 nitrogen and oxygen atoms in total. The van der Waals surface area contributed by atoms with Crippen molar-refractivity contribution < 1.29 is 9.84 Å². The van der Waals surface area contributed by atoms with Crippen LogP contribution in [0.15, 0.2) is 24.3 Å². The van der Waals surface area contributed by atoms with Crippen LogP contribution in [-0.4, -0.2) is 37.8 Å². The monoisotopic (exact) mass is 229 g/mol. The largest absolute Gasteiger partial charge is 0.495 e. The Morgan fingerprint density at radius 3 is 2.73 bits per heavy atom. The standard InChI is InChI=1S/C11H16ClNO2/c1-13(8-9(14)7-12)10-5-3-4-6-11(10)15-2/h3-6,9,14H,7-8H2,1-2H3. The second-order valence-corrected chi connectivity index (χ2v) is 3.67. The molecule has 0 saturated heterocycles. The molecule has 1 atom stereocenters. The highest BCUT2D eigenvalue weighted by molar-refractivity contribution is 6.18. The van der Waals surface area contributed by atoms with Crippen molar-refractivity contribution in [2.75, 3.05) is 31.5 Å². The van der Waals surface area contributed by atoms with Crippen molar-refractivity contribution in [1.82, 2.24) is 0 Å². The van der Waals surface area contributed by atoms with E-state index < -0.39 is 6.10 Å². The van der Waals surface area contributed by atoms with Gasteiger partial charge in [-0.05, 0) is 12.1 Å². The number of hydrogen-bond donors (Lipinski definition) is 1. The van der Waals surface area contributed by atoms with Gasteiger partial charge in [-0.3, -0.25) is 0 Å². The summed E-state index contributed by atoms with van der Waals surface area (Å²) in [6.45, 7) is 0.490. The topological polar surface area (TPSA) is 32.7 Å². The Balaban J connectivity index is 2.76. The molecule has 0 spiro atoms. The first-order valence-electron chi connectivity index (χ1n) is 4.77. The molecule has 4 heteroatoms. The lowest BCUT2D eigenvalue weighted by Gasteiger charge is -2.23. The van der Waals surface area contributed by atoms with Gasteiger partial charge in [-0.15, -0.1) is 11.6 Å². The molecule has 0 bridgehead atoms. The lowest BCUT2D eigenvalue weighted by atomic mass is 10.2. The summed E-state index contributed by atoms with van der Waals surface area (Å²) in [5.74, 6) is 1.03. The highest BCUT2D eigenvalue weighted by Gasteiger charge is 2.10. The number of aliphatic hydroxyl groups is 1. The van der Waals surface area contributed by atoms with Gasteiger partial charge in [-0.25, -0.2) is 0 Å². The normalized spacial score (nSPS) is 12.3. The molecule has 84 valence electrons. The van der Waals surface area contributed by atoms with Crippen LogP contribution in [0.2, 0.25) is 0 Å². The second kappa shape index (κ2) is 5.83. The fourth-order valence-corrected chi connectivity index (χ4v) is 1.51. The van der Waals surface area contributed by atoms with Crippen molar-refractivity contribution in [2.45, 2.75) is 6.10 Å². The Kier molecular flexibility index (Phi) is 4.72. The SMILES string of the molecule is COc1ccccc1N(C)CC(O)CCl. The van der Waals surface area contributed by atoms with Gasteiger partial charge in [0, 0.05) is 13.6 Å². The van der Waals surface area contributed by atoms with E-state index in [1.54, 1.807) is 7.11 Å². The van der Waals surface area contributed by atoms with Crippen LogP contribution in [0.25, 0.3) is 0 Å². The minimum atomic E-state index is -0.526. The maximum absolute atomic E-state index is 9.44. The lowest BCUT2D eigenvalue weighted by Crippen LogP contribution is -2.30. The first kappa shape index (κ1) is 12.1. The summed E-state index contributed by atoms with van der Waals surface area (Å²) < 4.78 is 5.23. The maximum atomic E-state index is 9.44. The van der Waals surface area contributed by atoms with Crippen LogP contribution in [0.4, 0.5) is 5.69 Å². The summed E-state index contributed by atoms with van der Waals surface area (Å²) in [5, 5.41) is 9.44. The second-order valence-electron chi connectivity index (χ2n) is 3.36. The van der Waals surface area contributed by atoms with E-state index >= 15 is 0 Å². The zero-order chi connectivity index (χ0) is 11.3. The molecular weight excluding hydrogens is 214 g/mol. The third-order valence-electron chi connectivity index (χ3n) is 2.16. The van der Waals surface area contributed by atoms with Crippen molar-refractivity contribution in [2.24, 2.45) is 0 Å². The average molecular weight is 230 g/mol. The smallest absolute Gasteiger partial charge is 0.142 e. The van der Waals surface area contributed by atoms with Crippen LogP contribution in [0.1, 0.15) is 0 Å². The number of para-hydroxylation sites is 2. The fourth-order valence-electron chi connectivity index (χ4n) is 1.41. The van der Waals surface area contributed by atoms with E-state index in [-0.39, 0.29) is 5.88 Å². The summed E-state index contributed by atoms with van der Waals surface area (Å²) in [5.41, 5.74) is 0.948. The molecule has 1 N–H and O–H groups in total. The first-order valence-corrected chi connectivity index (χ1v) is 5.30. The average Bonchev–Trinajstić information content (AvgIpc) is 2.28. The quantitative estimate of drug-likeness (QED) is 0.781. The fraction of sp³-hybridized carbons (Fsp3) is 0.455. The number of benzene rings is 1. The van der Waals surface area contributed by atoms with Gasteiger partial charge in [0.05, 0.1) is 24.8 Å². The number of aliphatic hydroxyl groups excluding tert-OH is 1. The molecule has 1 unspecified atom stereocenters. The Hall–Kier alpha value is -0.930. The van der Waals surface area contributed by atoms with E-state index in [1.165, 1.54) is 0 Å². The Labute approximate surface area is 95.2 Å². The van der Waals surface area contributed by atoms with Gasteiger partial charge in [0.1, 0.15) is 5.75 Å². The number of rotatable bonds is 5. The molecule has 0 fully saturated rings. The summed E-state index contributed by atoms with van der Waals surface area (Å²) in [4.78, 5) is 1.92. The molecule has 0 radical (unpaired) electrons. The van der Waals surface area contributed by atoms with Crippen LogP contribution in [-0.2, 0) is 0 Å². The number of nitrogens with zero attached hydrogens (tertiary/aromatic N) is 1. The highest BCUT2D eigenvalue weighted by Crippen LogP contribution is 2.26. The molecule has 0 saturated carbocycles. The molecule has 1 aromatic carbocycles. The zero-order valence-corrected chi connectivity index (χ0v) is 9.74. The number of likely N-dealkylation sites (N-methyl/N-ethyl adjacent to an activating group) is 1. The molecule has 0 aliphatic carbocycles. The van der Waals surface area contributed by atoms with Crippen LogP contribution in [0, 0.1) is 0 Å². The number of methoxy groups -OCH3 is 1. The van der Waals surface area contributed by atoms with Gasteiger partial charge in [0.25, 0.3) is 0 Å². The number of anilines is 1. The number of alkyl halides is 1. The molecule has 1 aromatic rings. The van der Waals surface area contributed by atoms with E-state index in [0.717, 1.165) is 11.4 Å². The van der Waals surface area contributed by atoms with Crippen LogP contribution < -0.4 is 9.64 Å². The number of halogens is 1. The van der Waals surface area contributed by atoms with Crippen molar-refractivity contribution in [3.8, 4) is 5.75 Å². The Morgan fingerprint density at radius 2 is 2.13 bits per heavy atom. The third-order valence-corrected chi connectivity index (χ3v) is 2.52. The number of ether oxygens (including phenoxy) is 1. The Bertz CT molecular complexity index is 306. The van der Waals surface area contributed by atoms with Crippen LogP contribution in [0.5, 0.6) is 5.75 Å². The lowest BCUT2D eigenvalue weighted by molar-refractivity contribution is 0.204. The predicted octanol–water partition coefficient (Wildman–Crippen LogP) is 1.73. The van der Waals surface area contributed by atoms with E-state index in [4.69, 9.17) is 16.3 Å². The molecule has 1 rings (SSSR count). The molecule has 0 amide bonds. The van der Waals surface area contributed by atoms with Crippen molar-refractivity contribution >= 4 is 17.3 Å². The van der Waals surface area contributed by atoms with Gasteiger partial charge >= 0.3 is 0 Å². The van der Waals surface area contributed by atoms with Crippen molar-refractivity contribution in [3.05, 3.63) is 24.3 Å². The molecule has 0 aliphatic heterocycles. The van der Waals surface area contributed by atoms with Crippen molar-refractivity contribution in [1.29, 1.82) is 0 Å². The summed E-state index contributed by atoms with van der Waals surface area (Å²) >= 11 is 5.55. The minimum Gasteiger partial charge on any atom is -0.495 e. The van der Waals surface area contributed by atoms with Gasteiger partial charge in [0.2, 0.25) is 0 Å². The Morgan fingerprint density at radius 1 is 1.47 bits per heavy atom. The van der Waals surface area contributed by atoms with E-state index in [9.17, 15) is 5.11 Å². The highest BCUT2D eigenvalue weighted by atomic mass is 35.5. The van der Waals surface area contributed by atoms with E-state index in [1.807, 2.05) is 36.2 Å². The molecule has 15 heavy (non-hydrogen) atoms. The summed E-state index contributed by atoms with van der Waals surface area (Å²) in [6, 6.07) is 7.67. The number of hydrogen-bond acceptors (Lipinski definition) is 3. The zero-order valence-electron chi connectivity index (χ0n) is 8.98. The van der Waals surface area contributed by atoms with Gasteiger partial charge in [-0.2, -0.15) is 0 Å². The minimum absolute atomic E-state index is 0.236. The van der Waals surface area contributed by atoms with Crippen LogP contribution in [0.3, 0.4) is 0 Å². The molecule has 0 heterocycles. The molecular formula is C11H16ClNO2. The van der Waals surface area contributed by atoms with Crippen molar-refractivity contribution in [3.63, 3.8) is 0 Å². The van der Waals surface area contributed by atoms with Crippen LogP contribution >= 0.6 is 11.6 Å². The van der Waals surface area contributed by atoms with Gasteiger partial charge in [-0.1, -0.05) is 12.1 Å². The van der Waals surface area contributed by atoms with Gasteiger partial charge < -0.3 is 14.7 Å².